The van der Waals surface area contributed by atoms with E-state index in [9.17, 15) is 9.59 Å². The Morgan fingerprint density at radius 3 is 2.70 bits per heavy atom. The lowest BCUT2D eigenvalue weighted by Crippen LogP contribution is -2.44. The number of alkyl carbamates (subject to hydrolysis) is 1. The van der Waals surface area contributed by atoms with Crippen molar-refractivity contribution in [2.24, 2.45) is 5.92 Å². The zero-order chi connectivity index (χ0) is 17.0. The van der Waals surface area contributed by atoms with E-state index in [4.69, 9.17) is 4.74 Å². The minimum absolute atomic E-state index is 0.0532. The van der Waals surface area contributed by atoms with E-state index in [2.05, 4.69) is 15.6 Å². The van der Waals surface area contributed by atoms with Crippen LogP contribution in [-0.2, 0) is 4.74 Å². The van der Waals surface area contributed by atoms with E-state index in [1.54, 1.807) is 12.3 Å². The molecule has 2 amide bonds. The quantitative estimate of drug-likeness (QED) is 0.797. The first-order valence-electron chi connectivity index (χ1n) is 8.18. The summed E-state index contributed by atoms with van der Waals surface area (Å²) in [7, 11) is 0. The van der Waals surface area contributed by atoms with Crippen molar-refractivity contribution < 1.29 is 14.3 Å². The molecule has 0 bridgehead atoms. The second kappa shape index (κ2) is 7.06. The van der Waals surface area contributed by atoms with Gasteiger partial charge in [-0.05, 0) is 52.5 Å². The number of carbonyl (C=O) groups is 2. The van der Waals surface area contributed by atoms with Crippen LogP contribution in [0.25, 0.3) is 0 Å². The monoisotopic (exact) mass is 321 g/mol. The van der Waals surface area contributed by atoms with Crippen LogP contribution in [0.15, 0.2) is 12.3 Å². The van der Waals surface area contributed by atoms with E-state index < -0.39 is 5.60 Å². The molecule has 1 aliphatic carbocycles. The number of hydrogen-bond donors (Lipinski definition) is 3. The van der Waals surface area contributed by atoms with Gasteiger partial charge in [0, 0.05) is 24.5 Å². The maximum absolute atomic E-state index is 12.2. The van der Waals surface area contributed by atoms with Crippen molar-refractivity contribution >= 4 is 12.0 Å². The van der Waals surface area contributed by atoms with E-state index in [-0.39, 0.29) is 24.0 Å². The largest absolute Gasteiger partial charge is 0.444 e. The fourth-order valence-corrected chi connectivity index (χ4v) is 2.95. The summed E-state index contributed by atoms with van der Waals surface area (Å²) < 4.78 is 5.31. The summed E-state index contributed by atoms with van der Waals surface area (Å²) in [6, 6.07) is 1.83. The number of rotatable bonds is 4. The lowest BCUT2D eigenvalue weighted by molar-refractivity contribution is 0.0493. The Kier molecular flexibility index (Phi) is 5.34. The highest BCUT2D eigenvalue weighted by Crippen LogP contribution is 2.25. The van der Waals surface area contributed by atoms with Crippen LogP contribution in [0.4, 0.5) is 4.79 Å². The molecule has 0 radical (unpaired) electrons. The summed E-state index contributed by atoms with van der Waals surface area (Å²) in [6.45, 7) is 7.97. The van der Waals surface area contributed by atoms with Gasteiger partial charge in [-0.15, -0.1) is 0 Å². The van der Waals surface area contributed by atoms with Gasteiger partial charge in [0.2, 0.25) is 0 Å². The van der Waals surface area contributed by atoms with Gasteiger partial charge in [0.15, 0.2) is 0 Å². The van der Waals surface area contributed by atoms with Crippen LogP contribution >= 0.6 is 0 Å². The van der Waals surface area contributed by atoms with Crippen molar-refractivity contribution in [2.45, 2.75) is 58.6 Å². The minimum atomic E-state index is -0.502. The molecule has 1 aliphatic rings. The average Bonchev–Trinajstić information content (AvgIpc) is 3.03. The van der Waals surface area contributed by atoms with E-state index >= 15 is 0 Å². The van der Waals surface area contributed by atoms with Gasteiger partial charge in [-0.3, -0.25) is 4.79 Å². The lowest BCUT2D eigenvalue weighted by Gasteiger charge is -2.25. The number of H-pyrrole nitrogens is 1. The third-order valence-electron chi connectivity index (χ3n) is 4.08. The molecule has 1 aromatic heterocycles. The van der Waals surface area contributed by atoms with Gasteiger partial charge < -0.3 is 20.4 Å². The molecule has 0 saturated heterocycles. The zero-order valence-corrected chi connectivity index (χ0v) is 14.4. The van der Waals surface area contributed by atoms with Gasteiger partial charge >= 0.3 is 6.09 Å². The highest BCUT2D eigenvalue weighted by Gasteiger charge is 2.30. The molecule has 1 aromatic rings. The molecular weight excluding hydrogens is 294 g/mol. The van der Waals surface area contributed by atoms with E-state index in [1.807, 2.05) is 27.7 Å². The van der Waals surface area contributed by atoms with Crippen molar-refractivity contribution in [2.75, 3.05) is 6.54 Å². The molecule has 0 aliphatic heterocycles. The van der Waals surface area contributed by atoms with Crippen LogP contribution < -0.4 is 10.6 Å². The Morgan fingerprint density at radius 1 is 1.35 bits per heavy atom. The maximum atomic E-state index is 12.2. The second-order valence-corrected chi connectivity index (χ2v) is 7.17. The Hall–Kier alpha value is -1.98. The first-order valence-corrected chi connectivity index (χ1v) is 8.18. The minimum Gasteiger partial charge on any atom is -0.444 e. The van der Waals surface area contributed by atoms with Crippen LogP contribution in [0.5, 0.6) is 0 Å². The third-order valence-corrected chi connectivity index (χ3v) is 4.08. The van der Waals surface area contributed by atoms with Crippen molar-refractivity contribution in [3.63, 3.8) is 0 Å². The van der Waals surface area contributed by atoms with Crippen molar-refractivity contribution in [3.8, 4) is 0 Å². The van der Waals surface area contributed by atoms with Crippen molar-refractivity contribution in [1.82, 2.24) is 15.6 Å². The first-order chi connectivity index (χ1) is 10.8. The molecule has 6 heteroatoms. The van der Waals surface area contributed by atoms with Gasteiger partial charge in [0.1, 0.15) is 5.60 Å². The van der Waals surface area contributed by atoms with Crippen LogP contribution in [-0.4, -0.2) is 35.2 Å². The van der Waals surface area contributed by atoms with Crippen LogP contribution in [0, 0.1) is 12.8 Å². The van der Waals surface area contributed by atoms with Crippen LogP contribution in [0.2, 0.25) is 0 Å². The highest BCUT2D eigenvalue weighted by molar-refractivity contribution is 5.95. The smallest absolute Gasteiger partial charge is 0.407 e. The molecule has 2 atom stereocenters. The van der Waals surface area contributed by atoms with Crippen molar-refractivity contribution in [3.05, 3.63) is 23.5 Å². The summed E-state index contributed by atoms with van der Waals surface area (Å²) in [5.41, 5.74) is 1.02. The molecule has 1 saturated carbocycles. The number of aromatic amines is 1. The molecule has 3 N–H and O–H groups in total. The molecule has 23 heavy (non-hydrogen) atoms. The molecule has 0 aromatic carbocycles. The first kappa shape index (κ1) is 17.4. The maximum Gasteiger partial charge on any atom is 0.407 e. The standard InChI is InChI=1S/C17H27N3O3/c1-11-13(8-9-18-11)15(21)19-10-12-6-5-7-14(12)20-16(22)23-17(2,3)4/h8-9,12,14,18H,5-7,10H2,1-4H3,(H,19,21)(H,20,22). The van der Waals surface area contributed by atoms with Gasteiger partial charge in [0.25, 0.3) is 5.91 Å². The van der Waals surface area contributed by atoms with Gasteiger partial charge in [-0.2, -0.15) is 0 Å². The molecule has 1 fully saturated rings. The summed E-state index contributed by atoms with van der Waals surface area (Å²) in [5, 5.41) is 5.91. The summed E-state index contributed by atoms with van der Waals surface area (Å²) in [6.07, 6.45) is 4.33. The summed E-state index contributed by atoms with van der Waals surface area (Å²) in [5.74, 6) is 0.164. The number of nitrogens with one attached hydrogen (secondary N) is 3. The fourth-order valence-electron chi connectivity index (χ4n) is 2.95. The highest BCUT2D eigenvalue weighted by atomic mass is 16.6. The van der Waals surface area contributed by atoms with E-state index in [0.29, 0.717) is 12.1 Å². The molecule has 2 rings (SSSR count). The molecule has 1 heterocycles. The number of carbonyl (C=O) groups excluding carboxylic acids is 2. The SMILES string of the molecule is Cc1[nH]ccc1C(=O)NCC1CCCC1NC(=O)OC(C)(C)C. The average molecular weight is 321 g/mol. The fraction of sp³-hybridized carbons (Fsp3) is 0.647. The molecule has 6 nitrogen and oxygen atoms in total. The Bertz CT molecular complexity index is 560. The van der Waals surface area contributed by atoms with Gasteiger partial charge in [0.05, 0.1) is 5.56 Å². The second-order valence-electron chi connectivity index (χ2n) is 7.17. The van der Waals surface area contributed by atoms with Crippen molar-refractivity contribution in [1.29, 1.82) is 0 Å². The Morgan fingerprint density at radius 2 is 2.09 bits per heavy atom. The zero-order valence-electron chi connectivity index (χ0n) is 14.4. The third kappa shape index (κ3) is 5.01. The number of aryl methyl sites for hydroxylation is 1. The number of amides is 2. The predicted molar refractivity (Wildman–Crippen MR) is 88.4 cm³/mol. The summed E-state index contributed by atoms with van der Waals surface area (Å²) >= 11 is 0. The predicted octanol–water partition coefficient (Wildman–Crippen LogP) is 2.75. The van der Waals surface area contributed by atoms with Crippen LogP contribution in [0.3, 0.4) is 0 Å². The Balaban J connectivity index is 1.84. The Labute approximate surface area is 137 Å². The lowest BCUT2D eigenvalue weighted by atomic mass is 10.0. The summed E-state index contributed by atoms with van der Waals surface area (Å²) in [4.78, 5) is 27.1. The van der Waals surface area contributed by atoms with Gasteiger partial charge in [-0.25, -0.2) is 4.79 Å². The number of ether oxygens (including phenoxy) is 1. The molecule has 128 valence electrons. The normalized spacial score (nSPS) is 21.0. The van der Waals surface area contributed by atoms with Crippen LogP contribution in [0.1, 0.15) is 56.1 Å². The topological polar surface area (TPSA) is 83.2 Å². The van der Waals surface area contributed by atoms with E-state index in [0.717, 1.165) is 25.0 Å². The number of hydrogen-bond acceptors (Lipinski definition) is 3. The molecule has 0 spiro atoms. The number of aromatic nitrogens is 1. The van der Waals surface area contributed by atoms with Gasteiger partial charge in [-0.1, -0.05) is 6.42 Å². The molecule has 2 unspecified atom stereocenters. The van der Waals surface area contributed by atoms with E-state index in [1.165, 1.54) is 0 Å². The molecular formula is C17H27N3O3.